The molecule has 122 valence electrons. The van der Waals surface area contributed by atoms with Gasteiger partial charge in [-0.25, -0.2) is 9.18 Å². The molecule has 6 heteroatoms. The third-order valence-corrected chi connectivity index (χ3v) is 3.52. The molecular formula is C18H15FN2O3. The first-order valence-electron chi connectivity index (χ1n) is 7.40. The Morgan fingerprint density at radius 2 is 1.79 bits per heavy atom. The lowest BCUT2D eigenvalue weighted by molar-refractivity contribution is 0.0338. The summed E-state index contributed by atoms with van der Waals surface area (Å²) in [4.78, 5) is 16.3. The zero-order valence-electron chi connectivity index (χ0n) is 13.2. The largest absolute Gasteiger partial charge is 0.454 e. The van der Waals surface area contributed by atoms with Gasteiger partial charge in [0.2, 0.25) is 0 Å². The van der Waals surface area contributed by atoms with Crippen LogP contribution in [0.15, 0.2) is 53.1 Å². The lowest BCUT2D eigenvalue weighted by atomic mass is 10.1. The van der Waals surface area contributed by atoms with Crippen LogP contribution in [0.5, 0.6) is 0 Å². The number of hydrogen-bond donors (Lipinski definition) is 0. The predicted octanol–water partition coefficient (Wildman–Crippen LogP) is 4.10. The molecule has 3 rings (SSSR count). The predicted molar refractivity (Wildman–Crippen MR) is 84.7 cm³/mol. The molecule has 3 aromatic rings. The molecule has 0 saturated carbocycles. The van der Waals surface area contributed by atoms with Gasteiger partial charge >= 0.3 is 5.97 Å². The average molecular weight is 326 g/mol. The van der Waals surface area contributed by atoms with Crippen LogP contribution in [0, 0.1) is 12.7 Å². The van der Waals surface area contributed by atoms with Crippen LogP contribution in [-0.2, 0) is 4.74 Å². The minimum Gasteiger partial charge on any atom is -0.454 e. The van der Waals surface area contributed by atoms with E-state index >= 15 is 0 Å². The Bertz CT molecular complexity index is 841. The first-order chi connectivity index (χ1) is 11.5. The van der Waals surface area contributed by atoms with Gasteiger partial charge in [-0.05, 0) is 55.8 Å². The highest BCUT2D eigenvalue weighted by atomic mass is 19.1. The molecule has 0 amide bonds. The molecule has 0 N–H and O–H groups in total. The van der Waals surface area contributed by atoms with E-state index in [0.29, 0.717) is 17.3 Å². The number of nitrogens with zero attached hydrogens (tertiary/aromatic N) is 2. The summed E-state index contributed by atoms with van der Waals surface area (Å²) in [6.45, 7) is 3.47. The fraction of sp³-hybridized carbons (Fsp3) is 0.167. The number of rotatable bonds is 4. The number of carbonyl (C=O) groups excluding carboxylic acids is 1. The van der Waals surface area contributed by atoms with E-state index in [-0.39, 0.29) is 5.82 Å². The Morgan fingerprint density at radius 3 is 2.38 bits per heavy atom. The smallest absolute Gasteiger partial charge is 0.338 e. The SMILES string of the molecule is Cc1noc(-c2ccc(C(=O)OC(C)c3ccc(F)cc3)cc2)n1. The zero-order chi connectivity index (χ0) is 17.1. The molecule has 0 spiro atoms. The number of ether oxygens (including phenoxy) is 1. The highest BCUT2D eigenvalue weighted by Crippen LogP contribution is 2.21. The summed E-state index contributed by atoms with van der Waals surface area (Å²) in [6, 6.07) is 12.5. The molecule has 0 radical (unpaired) electrons. The van der Waals surface area contributed by atoms with E-state index in [4.69, 9.17) is 9.26 Å². The quantitative estimate of drug-likeness (QED) is 0.675. The van der Waals surface area contributed by atoms with Crippen LogP contribution in [0.2, 0.25) is 0 Å². The normalized spacial score (nSPS) is 12.0. The molecule has 0 bridgehead atoms. The summed E-state index contributed by atoms with van der Waals surface area (Å²) < 4.78 is 23.4. The number of carbonyl (C=O) groups is 1. The molecule has 1 atom stereocenters. The number of benzene rings is 2. The lowest BCUT2D eigenvalue weighted by Gasteiger charge is -2.13. The maximum absolute atomic E-state index is 12.9. The van der Waals surface area contributed by atoms with Crippen LogP contribution >= 0.6 is 0 Å². The van der Waals surface area contributed by atoms with Crippen LogP contribution in [-0.4, -0.2) is 16.1 Å². The van der Waals surface area contributed by atoms with Crippen LogP contribution < -0.4 is 0 Å². The molecule has 24 heavy (non-hydrogen) atoms. The van der Waals surface area contributed by atoms with Crippen LogP contribution in [0.3, 0.4) is 0 Å². The highest BCUT2D eigenvalue weighted by molar-refractivity contribution is 5.90. The Balaban J connectivity index is 1.69. The highest BCUT2D eigenvalue weighted by Gasteiger charge is 2.14. The minimum absolute atomic E-state index is 0.330. The van der Waals surface area contributed by atoms with Crippen molar-refractivity contribution in [2.45, 2.75) is 20.0 Å². The summed E-state index contributed by atoms with van der Waals surface area (Å²) in [7, 11) is 0. The molecule has 1 aromatic heterocycles. The first kappa shape index (κ1) is 15.9. The second kappa shape index (κ2) is 6.62. The van der Waals surface area contributed by atoms with E-state index in [2.05, 4.69) is 10.1 Å². The van der Waals surface area contributed by atoms with Crippen LogP contribution in [0.25, 0.3) is 11.5 Å². The van der Waals surface area contributed by atoms with Gasteiger partial charge in [-0.2, -0.15) is 4.98 Å². The van der Waals surface area contributed by atoms with Gasteiger partial charge in [-0.3, -0.25) is 0 Å². The molecule has 0 saturated heterocycles. The molecule has 1 heterocycles. The third-order valence-electron chi connectivity index (χ3n) is 3.52. The maximum atomic E-state index is 12.9. The van der Waals surface area contributed by atoms with Crippen molar-refractivity contribution in [1.29, 1.82) is 0 Å². The molecule has 0 aliphatic rings. The summed E-state index contributed by atoms with van der Waals surface area (Å²) >= 11 is 0. The van der Waals surface area contributed by atoms with Crippen LogP contribution in [0.4, 0.5) is 4.39 Å². The van der Waals surface area contributed by atoms with Gasteiger partial charge in [0.05, 0.1) is 5.56 Å². The summed E-state index contributed by atoms with van der Waals surface area (Å²) in [5.41, 5.74) is 1.85. The average Bonchev–Trinajstić information content (AvgIpc) is 3.02. The van der Waals surface area contributed by atoms with E-state index in [9.17, 15) is 9.18 Å². The molecule has 1 unspecified atom stereocenters. The van der Waals surface area contributed by atoms with Gasteiger partial charge in [0.15, 0.2) is 5.82 Å². The second-order valence-electron chi connectivity index (χ2n) is 5.32. The summed E-state index contributed by atoms with van der Waals surface area (Å²) in [5.74, 6) is 0.151. The van der Waals surface area contributed by atoms with Crippen molar-refractivity contribution in [3.8, 4) is 11.5 Å². The standard InChI is InChI=1S/C18H15FN2O3/c1-11(13-7-9-16(19)10-8-13)23-18(22)15-5-3-14(4-6-15)17-20-12(2)21-24-17/h3-11H,1-2H3. The maximum Gasteiger partial charge on any atom is 0.338 e. The molecule has 5 nitrogen and oxygen atoms in total. The first-order valence-corrected chi connectivity index (χ1v) is 7.40. The van der Waals surface area contributed by atoms with Gasteiger partial charge in [-0.1, -0.05) is 17.3 Å². The summed E-state index contributed by atoms with van der Waals surface area (Å²) in [6.07, 6.45) is -0.476. The summed E-state index contributed by atoms with van der Waals surface area (Å²) in [5, 5.41) is 3.73. The van der Waals surface area contributed by atoms with E-state index < -0.39 is 12.1 Å². The fourth-order valence-electron chi connectivity index (χ4n) is 2.19. The third kappa shape index (κ3) is 3.48. The van der Waals surface area contributed by atoms with Crippen molar-refractivity contribution in [3.05, 3.63) is 71.3 Å². The number of halogens is 1. The van der Waals surface area contributed by atoms with Gasteiger partial charge in [0.25, 0.3) is 5.89 Å². The van der Waals surface area contributed by atoms with Crippen molar-refractivity contribution in [2.24, 2.45) is 0 Å². The second-order valence-corrected chi connectivity index (χ2v) is 5.32. The number of aryl methyl sites for hydroxylation is 1. The molecule has 0 aliphatic heterocycles. The van der Waals surface area contributed by atoms with Crippen LogP contribution in [0.1, 0.15) is 34.8 Å². The van der Waals surface area contributed by atoms with Gasteiger partial charge in [0, 0.05) is 5.56 Å². The number of aromatic nitrogens is 2. The van der Waals surface area contributed by atoms with Crippen molar-refractivity contribution in [3.63, 3.8) is 0 Å². The van der Waals surface area contributed by atoms with Gasteiger partial charge in [-0.15, -0.1) is 0 Å². The van der Waals surface area contributed by atoms with Crippen molar-refractivity contribution in [1.82, 2.24) is 10.1 Å². The topological polar surface area (TPSA) is 65.2 Å². The van der Waals surface area contributed by atoms with E-state index in [1.54, 1.807) is 50.2 Å². The van der Waals surface area contributed by atoms with E-state index in [0.717, 1.165) is 11.1 Å². The van der Waals surface area contributed by atoms with E-state index in [1.807, 2.05) is 0 Å². The number of hydrogen-bond acceptors (Lipinski definition) is 5. The Morgan fingerprint density at radius 1 is 1.12 bits per heavy atom. The Kier molecular flexibility index (Phi) is 4.37. The zero-order valence-corrected chi connectivity index (χ0v) is 13.2. The monoisotopic (exact) mass is 326 g/mol. The van der Waals surface area contributed by atoms with Gasteiger partial charge in [0.1, 0.15) is 11.9 Å². The van der Waals surface area contributed by atoms with Gasteiger partial charge < -0.3 is 9.26 Å². The van der Waals surface area contributed by atoms with Crippen molar-refractivity contribution >= 4 is 5.97 Å². The fourth-order valence-corrected chi connectivity index (χ4v) is 2.19. The molecule has 0 aliphatic carbocycles. The lowest BCUT2D eigenvalue weighted by Crippen LogP contribution is -2.09. The number of esters is 1. The molecular weight excluding hydrogens is 311 g/mol. The van der Waals surface area contributed by atoms with Crippen molar-refractivity contribution in [2.75, 3.05) is 0 Å². The van der Waals surface area contributed by atoms with Crippen molar-refractivity contribution < 1.29 is 18.4 Å². The minimum atomic E-state index is -0.476. The molecule has 2 aromatic carbocycles. The Labute approximate surface area is 138 Å². The Hall–Kier alpha value is -3.02. The molecule has 0 fully saturated rings. The van der Waals surface area contributed by atoms with E-state index in [1.165, 1.54) is 12.1 Å².